The van der Waals surface area contributed by atoms with Crippen molar-refractivity contribution in [2.24, 2.45) is 0 Å². The van der Waals surface area contributed by atoms with Crippen LogP contribution in [0.4, 0.5) is 0 Å². The lowest BCUT2D eigenvalue weighted by Crippen LogP contribution is -2.28. The topological polar surface area (TPSA) is 46.2 Å². The van der Waals surface area contributed by atoms with Crippen LogP contribution in [-0.4, -0.2) is 20.1 Å². The third-order valence-corrected chi connectivity index (χ3v) is 4.73. The van der Waals surface area contributed by atoms with Gasteiger partial charge in [0, 0.05) is 10.8 Å². The maximum atomic E-state index is 11.5. The molecule has 86 valence electrons. The fourth-order valence-electron chi connectivity index (χ4n) is 1.17. The number of halogens is 1. The molecule has 1 atom stereocenters. The maximum Gasteiger partial charge on any atom is 0.212 e. The van der Waals surface area contributed by atoms with Gasteiger partial charge in [0.15, 0.2) is 0 Å². The van der Waals surface area contributed by atoms with E-state index < -0.39 is 10.0 Å². The van der Waals surface area contributed by atoms with Gasteiger partial charge in [-0.05, 0) is 24.8 Å². The Morgan fingerprint density at radius 3 is 2.87 bits per heavy atom. The number of thiophene rings is 1. The minimum absolute atomic E-state index is 0.0895. The summed E-state index contributed by atoms with van der Waals surface area (Å²) >= 11 is 7.00. The van der Waals surface area contributed by atoms with Crippen molar-refractivity contribution in [3.63, 3.8) is 0 Å². The fourth-order valence-corrected chi connectivity index (χ4v) is 3.58. The van der Waals surface area contributed by atoms with Crippen LogP contribution in [0, 0.1) is 0 Å². The molecule has 3 nitrogen and oxygen atoms in total. The molecule has 0 unspecified atom stereocenters. The predicted molar refractivity (Wildman–Crippen MR) is 65.0 cm³/mol. The fraction of sp³-hybridized carbons (Fsp3) is 0.556. The smallest absolute Gasteiger partial charge is 0.212 e. The van der Waals surface area contributed by atoms with E-state index in [9.17, 15) is 8.42 Å². The zero-order chi connectivity index (χ0) is 11.3. The molecule has 1 N–H and O–H groups in total. The molecule has 1 heterocycles. The molecule has 0 aromatic carbocycles. The van der Waals surface area contributed by atoms with Crippen LogP contribution >= 0.6 is 22.9 Å². The van der Waals surface area contributed by atoms with Crippen molar-refractivity contribution in [3.8, 4) is 0 Å². The van der Waals surface area contributed by atoms with Crippen LogP contribution in [-0.2, 0) is 10.0 Å². The van der Waals surface area contributed by atoms with E-state index in [0.29, 0.717) is 12.3 Å². The molecule has 0 spiro atoms. The summed E-state index contributed by atoms with van der Waals surface area (Å²) in [6.07, 6.45) is 0.480. The first-order chi connectivity index (χ1) is 7.05. The quantitative estimate of drug-likeness (QED) is 0.805. The van der Waals surface area contributed by atoms with Crippen LogP contribution in [0.15, 0.2) is 17.5 Å². The van der Waals surface area contributed by atoms with E-state index >= 15 is 0 Å². The van der Waals surface area contributed by atoms with Crippen LogP contribution in [0.1, 0.15) is 24.3 Å². The van der Waals surface area contributed by atoms with Gasteiger partial charge in [-0.1, -0.05) is 6.07 Å². The number of sulfonamides is 1. The van der Waals surface area contributed by atoms with Crippen molar-refractivity contribution in [2.75, 3.05) is 11.6 Å². The molecule has 15 heavy (non-hydrogen) atoms. The van der Waals surface area contributed by atoms with E-state index in [-0.39, 0.29) is 11.8 Å². The first kappa shape index (κ1) is 13.0. The number of hydrogen-bond donors (Lipinski definition) is 1. The monoisotopic (exact) mass is 267 g/mol. The zero-order valence-corrected chi connectivity index (χ0v) is 10.8. The first-order valence-corrected chi connectivity index (χ1v) is 7.71. The van der Waals surface area contributed by atoms with Gasteiger partial charge in [0.05, 0.1) is 11.8 Å². The Bertz CT molecular complexity index is 375. The van der Waals surface area contributed by atoms with Crippen molar-refractivity contribution in [3.05, 3.63) is 22.4 Å². The summed E-state index contributed by atoms with van der Waals surface area (Å²) in [4.78, 5) is 1.02. The van der Waals surface area contributed by atoms with E-state index in [1.807, 2.05) is 24.4 Å². The Kier molecular flexibility index (Phi) is 5.05. The van der Waals surface area contributed by atoms with Crippen LogP contribution < -0.4 is 4.72 Å². The van der Waals surface area contributed by atoms with Crippen LogP contribution in [0.3, 0.4) is 0 Å². The molecule has 0 bridgehead atoms. The largest absolute Gasteiger partial charge is 0.212 e. The van der Waals surface area contributed by atoms with Gasteiger partial charge in [0.1, 0.15) is 0 Å². The van der Waals surface area contributed by atoms with Gasteiger partial charge < -0.3 is 0 Å². The highest BCUT2D eigenvalue weighted by Crippen LogP contribution is 2.18. The van der Waals surface area contributed by atoms with Crippen molar-refractivity contribution >= 4 is 33.0 Å². The molecule has 0 aliphatic heterocycles. The van der Waals surface area contributed by atoms with Crippen molar-refractivity contribution in [1.29, 1.82) is 0 Å². The van der Waals surface area contributed by atoms with Crippen molar-refractivity contribution in [1.82, 2.24) is 4.72 Å². The maximum absolute atomic E-state index is 11.5. The number of alkyl halides is 1. The van der Waals surface area contributed by atoms with E-state index in [4.69, 9.17) is 11.6 Å². The minimum Gasteiger partial charge on any atom is -0.212 e. The van der Waals surface area contributed by atoms with Crippen molar-refractivity contribution < 1.29 is 8.42 Å². The Labute approximate surface area is 99.5 Å². The molecule has 0 aliphatic carbocycles. The Morgan fingerprint density at radius 1 is 1.60 bits per heavy atom. The van der Waals surface area contributed by atoms with E-state index in [1.54, 1.807) is 11.3 Å². The third kappa shape index (κ3) is 4.51. The normalized spacial score (nSPS) is 14.0. The number of nitrogens with one attached hydrogen (secondary N) is 1. The summed E-state index contributed by atoms with van der Waals surface area (Å²) in [7, 11) is -3.20. The summed E-state index contributed by atoms with van der Waals surface area (Å²) in [5.41, 5.74) is 0. The second-order valence-corrected chi connectivity index (χ2v) is 6.45. The highest BCUT2D eigenvalue weighted by Gasteiger charge is 2.15. The highest BCUT2D eigenvalue weighted by atomic mass is 35.5. The van der Waals surface area contributed by atoms with Crippen molar-refractivity contribution in [2.45, 2.75) is 19.4 Å². The Morgan fingerprint density at radius 2 is 2.33 bits per heavy atom. The van der Waals surface area contributed by atoms with Gasteiger partial charge in [0.2, 0.25) is 10.0 Å². The molecule has 1 aromatic rings. The second-order valence-electron chi connectivity index (χ2n) is 3.22. The lowest BCUT2D eigenvalue weighted by molar-refractivity contribution is 0.567. The third-order valence-electron chi connectivity index (χ3n) is 1.87. The van der Waals surface area contributed by atoms with Gasteiger partial charge in [-0.25, -0.2) is 13.1 Å². The summed E-state index contributed by atoms with van der Waals surface area (Å²) in [5.74, 6) is 0.459. The van der Waals surface area contributed by atoms with E-state index in [2.05, 4.69) is 4.72 Å². The van der Waals surface area contributed by atoms with Gasteiger partial charge in [-0.2, -0.15) is 0 Å². The summed E-state index contributed by atoms with van der Waals surface area (Å²) < 4.78 is 25.7. The standard InChI is InChI=1S/C9H14ClNO2S2/c1-8(9-4-2-6-14-9)11-15(12,13)7-3-5-10/h2,4,6,8,11H,3,5,7H2,1H3/t8-/m0/s1. The average molecular weight is 268 g/mol. The summed E-state index contributed by atoms with van der Waals surface area (Å²) in [6.45, 7) is 1.84. The van der Waals surface area contributed by atoms with Crippen LogP contribution in [0.2, 0.25) is 0 Å². The number of hydrogen-bond acceptors (Lipinski definition) is 3. The molecule has 0 radical (unpaired) electrons. The van der Waals surface area contributed by atoms with E-state index in [1.165, 1.54) is 0 Å². The lowest BCUT2D eigenvalue weighted by Gasteiger charge is -2.12. The second kappa shape index (κ2) is 5.84. The molecule has 0 saturated carbocycles. The predicted octanol–water partition coefficient (Wildman–Crippen LogP) is 2.36. The Hall–Kier alpha value is -0.100. The molecule has 0 aliphatic rings. The first-order valence-electron chi connectivity index (χ1n) is 4.64. The summed E-state index contributed by atoms with van der Waals surface area (Å²) in [6, 6.07) is 3.66. The van der Waals surface area contributed by atoms with Gasteiger partial charge in [0.25, 0.3) is 0 Å². The van der Waals surface area contributed by atoms with Gasteiger partial charge in [-0.3, -0.25) is 0 Å². The van der Waals surface area contributed by atoms with Gasteiger partial charge in [-0.15, -0.1) is 22.9 Å². The molecular weight excluding hydrogens is 254 g/mol. The Balaban J connectivity index is 2.54. The van der Waals surface area contributed by atoms with E-state index in [0.717, 1.165) is 4.88 Å². The lowest BCUT2D eigenvalue weighted by atomic mass is 10.3. The zero-order valence-electron chi connectivity index (χ0n) is 8.44. The number of rotatable bonds is 6. The molecule has 0 amide bonds. The summed E-state index contributed by atoms with van der Waals surface area (Å²) in [5, 5.41) is 1.93. The molecule has 6 heteroatoms. The average Bonchev–Trinajstić information content (AvgIpc) is 2.67. The minimum atomic E-state index is -3.20. The van der Waals surface area contributed by atoms with Gasteiger partial charge >= 0.3 is 0 Å². The molecule has 1 aromatic heterocycles. The SMILES string of the molecule is C[C@H](NS(=O)(=O)CCCCl)c1cccs1. The molecular formula is C9H14ClNO2S2. The van der Waals surface area contributed by atoms with Crippen LogP contribution in [0.5, 0.6) is 0 Å². The molecule has 0 saturated heterocycles. The highest BCUT2D eigenvalue weighted by molar-refractivity contribution is 7.89. The van der Waals surface area contributed by atoms with Crippen LogP contribution in [0.25, 0.3) is 0 Å². The molecule has 1 rings (SSSR count). The molecule has 0 fully saturated rings.